The fourth-order valence-electron chi connectivity index (χ4n) is 2.15. The first-order valence-corrected chi connectivity index (χ1v) is 7.32. The summed E-state index contributed by atoms with van der Waals surface area (Å²) in [4.78, 5) is 4.51. The van der Waals surface area contributed by atoms with Gasteiger partial charge in [0.05, 0.1) is 23.9 Å². The average molecular weight is 283 g/mol. The molecule has 2 heterocycles. The van der Waals surface area contributed by atoms with Gasteiger partial charge in [-0.15, -0.1) is 0 Å². The number of nitrogens with one attached hydrogen (secondary N) is 1. The van der Waals surface area contributed by atoms with Gasteiger partial charge < -0.3 is 14.8 Å². The van der Waals surface area contributed by atoms with Crippen molar-refractivity contribution in [1.29, 1.82) is 0 Å². The Balaban J connectivity index is 1.61. The van der Waals surface area contributed by atoms with Crippen LogP contribution in [-0.4, -0.2) is 30.3 Å². The smallest absolute Gasteiger partial charge is 0.213 e. The highest BCUT2D eigenvalue weighted by atomic mass is 35.5. The highest BCUT2D eigenvalue weighted by Crippen LogP contribution is 2.23. The van der Waals surface area contributed by atoms with Crippen LogP contribution in [0.5, 0.6) is 5.88 Å². The lowest BCUT2D eigenvalue weighted by Crippen LogP contribution is -2.26. The molecule has 0 atom stereocenters. The second-order valence-electron chi connectivity index (χ2n) is 5.16. The van der Waals surface area contributed by atoms with Gasteiger partial charge in [-0.2, -0.15) is 0 Å². The molecule has 0 bridgehead atoms. The molecule has 2 aliphatic rings. The Labute approximate surface area is 118 Å². The van der Waals surface area contributed by atoms with Gasteiger partial charge in [0.15, 0.2) is 0 Å². The standard InChI is InChI=1S/C14H19ClN2O2/c15-12-3-4-14(19-11-5-7-18-8-6-11)17-13(12)9-16-10-1-2-10/h3-4,10-11,16H,1-2,5-9H2. The van der Waals surface area contributed by atoms with Crippen LogP contribution < -0.4 is 10.1 Å². The molecule has 1 saturated heterocycles. The predicted octanol–water partition coefficient (Wildman–Crippen LogP) is 2.54. The van der Waals surface area contributed by atoms with Crippen LogP contribution in [0.3, 0.4) is 0 Å². The predicted molar refractivity (Wildman–Crippen MR) is 73.6 cm³/mol. The van der Waals surface area contributed by atoms with Gasteiger partial charge in [0.2, 0.25) is 5.88 Å². The van der Waals surface area contributed by atoms with E-state index in [1.54, 1.807) is 0 Å². The number of aromatic nitrogens is 1. The molecule has 2 fully saturated rings. The molecule has 1 N–H and O–H groups in total. The molecule has 3 rings (SSSR count). The Morgan fingerprint density at radius 1 is 1.26 bits per heavy atom. The summed E-state index contributed by atoms with van der Waals surface area (Å²) in [5.74, 6) is 0.670. The molecule has 4 nitrogen and oxygen atoms in total. The van der Waals surface area contributed by atoms with Crippen LogP contribution in [0.1, 0.15) is 31.4 Å². The van der Waals surface area contributed by atoms with Crippen molar-refractivity contribution in [2.45, 2.75) is 44.4 Å². The summed E-state index contributed by atoms with van der Waals surface area (Å²) >= 11 is 6.16. The maximum Gasteiger partial charge on any atom is 0.213 e. The summed E-state index contributed by atoms with van der Waals surface area (Å²) < 4.78 is 11.2. The number of nitrogens with zero attached hydrogens (tertiary/aromatic N) is 1. The van der Waals surface area contributed by atoms with Crippen LogP contribution in [0.2, 0.25) is 5.02 Å². The number of pyridine rings is 1. The average Bonchev–Trinajstić information content (AvgIpc) is 3.25. The number of halogens is 1. The largest absolute Gasteiger partial charge is 0.474 e. The monoisotopic (exact) mass is 282 g/mol. The molecule has 1 aromatic heterocycles. The molecule has 0 spiro atoms. The van der Waals surface area contributed by atoms with Crippen molar-refractivity contribution in [3.63, 3.8) is 0 Å². The highest BCUT2D eigenvalue weighted by Gasteiger charge is 2.21. The van der Waals surface area contributed by atoms with E-state index >= 15 is 0 Å². The van der Waals surface area contributed by atoms with Crippen molar-refractivity contribution in [1.82, 2.24) is 10.3 Å². The SMILES string of the molecule is Clc1ccc(OC2CCOCC2)nc1CNC1CC1. The normalized spacial score (nSPS) is 20.5. The van der Waals surface area contributed by atoms with E-state index in [4.69, 9.17) is 21.1 Å². The van der Waals surface area contributed by atoms with Gasteiger partial charge in [-0.05, 0) is 18.9 Å². The molecule has 5 heteroatoms. The van der Waals surface area contributed by atoms with Crippen LogP contribution in [0.25, 0.3) is 0 Å². The van der Waals surface area contributed by atoms with Crippen LogP contribution in [0.4, 0.5) is 0 Å². The van der Waals surface area contributed by atoms with Crippen LogP contribution in [0.15, 0.2) is 12.1 Å². The lowest BCUT2D eigenvalue weighted by Gasteiger charge is -2.23. The van der Waals surface area contributed by atoms with Gasteiger partial charge >= 0.3 is 0 Å². The van der Waals surface area contributed by atoms with Crippen molar-refractivity contribution in [2.24, 2.45) is 0 Å². The minimum Gasteiger partial charge on any atom is -0.474 e. The maximum atomic E-state index is 6.16. The first-order chi connectivity index (χ1) is 9.31. The molecular formula is C14H19ClN2O2. The summed E-state index contributed by atoms with van der Waals surface area (Å²) in [7, 11) is 0. The molecule has 1 aliphatic heterocycles. The second-order valence-corrected chi connectivity index (χ2v) is 5.57. The van der Waals surface area contributed by atoms with E-state index in [1.165, 1.54) is 12.8 Å². The molecule has 1 saturated carbocycles. The zero-order valence-electron chi connectivity index (χ0n) is 10.9. The number of rotatable bonds is 5. The number of hydrogen-bond donors (Lipinski definition) is 1. The quantitative estimate of drug-likeness (QED) is 0.901. The molecule has 1 aromatic rings. The van der Waals surface area contributed by atoms with Gasteiger partial charge in [0.1, 0.15) is 6.10 Å². The Morgan fingerprint density at radius 2 is 2.05 bits per heavy atom. The fraction of sp³-hybridized carbons (Fsp3) is 0.643. The lowest BCUT2D eigenvalue weighted by atomic mass is 10.1. The molecule has 104 valence electrons. The van der Waals surface area contributed by atoms with E-state index in [2.05, 4.69) is 10.3 Å². The summed E-state index contributed by atoms with van der Waals surface area (Å²) in [6.45, 7) is 2.26. The van der Waals surface area contributed by atoms with Gasteiger partial charge in [-0.1, -0.05) is 11.6 Å². The van der Waals surface area contributed by atoms with Gasteiger partial charge in [0, 0.05) is 31.5 Å². The van der Waals surface area contributed by atoms with Crippen molar-refractivity contribution < 1.29 is 9.47 Å². The third-order valence-corrected chi connectivity index (χ3v) is 3.83. The Bertz CT molecular complexity index is 431. The Kier molecular flexibility index (Phi) is 4.21. The zero-order chi connectivity index (χ0) is 13.1. The van der Waals surface area contributed by atoms with Gasteiger partial charge in [-0.3, -0.25) is 0 Å². The number of ether oxygens (including phenoxy) is 2. The minimum atomic E-state index is 0.215. The zero-order valence-corrected chi connectivity index (χ0v) is 11.7. The highest BCUT2D eigenvalue weighted by molar-refractivity contribution is 6.31. The molecule has 1 aliphatic carbocycles. The van der Waals surface area contributed by atoms with E-state index in [9.17, 15) is 0 Å². The van der Waals surface area contributed by atoms with E-state index in [0.717, 1.165) is 31.7 Å². The van der Waals surface area contributed by atoms with Crippen LogP contribution in [-0.2, 0) is 11.3 Å². The summed E-state index contributed by atoms with van der Waals surface area (Å²) in [6, 6.07) is 4.36. The molecule has 19 heavy (non-hydrogen) atoms. The van der Waals surface area contributed by atoms with Gasteiger partial charge in [0.25, 0.3) is 0 Å². The Morgan fingerprint density at radius 3 is 2.79 bits per heavy atom. The summed E-state index contributed by atoms with van der Waals surface area (Å²) in [6.07, 6.45) is 4.60. The summed E-state index contributed by atoms with van der Waals surface area (Å²) in [5.41, 5.74) is 0.873. The van der Waals surface area contributed by atoms with E-state index in [0.29, 0.717) is 23.5 Å². The number of hydrogen-bond acceptors (Lipinski definition) is 4. The molecule has 0 radical (unpaired) electrons. The summed E-state index contributed by atoms with van der Waals surface area (Å²) in [5, 5.41) is 4.12. The van der Waals surface area contributed by atoms with Gasteiger partial charge in [-0.25, -0.2) is 4.98 Å². The third-order valence-electron chi connectivity index (χ3n) is 3.48. The Hall–Kier alpha value is -0.840. The topological polar surface area (TPSA) is 43.4 Å². The first-order valence-electron chi connectivity index (χ1n) is 6.94. The molecular weight excluding hydrogens is 264 g/mol. The third kappa shape index (κ3) is 3.81. The second kappa shape index (κ2) is 6.07. The van der Waals surface area contributed by atoms with Crippen molar-refractivity contribution >= 4 is 11.6 Å². The van der Waals surface area contributed by atoms with Crippen molar-refractivity contribution in [3.8, 4) is 5.88 Å². The van der Waals surface area contributed by atoms with Crippen molar-refractivity contribution in [2.75, 3.05) is 13.2 Å². The molecule has 0 aromatic carbocycles. The molecule has 0 unspecified atom stereocenters. The van der Waals surface area contributed by atoms with E-state index in [-0.39, 0.29) is 6.10 Å². The maximum absolute atomic E-state index is 6.16. The first kappa shape index (κ1) is 13.2. The van der Waals surface area contributed by atoms with Crippen LogP contribution >= 0.6 is 11.6 Å². The lowest BCUT2D eigenvalue weighted by molar-refractivity contribution is 0.0236. The van der Waals surface area contributed by atoms with Crippen LogP contribution in [0, 0.1) is 0 Å². The van der Waals surface area contributed by atoms with E-state index in [1.807, 2.05) is 12.1 Å². The minimum absolute atomic E-state index is 0.215. The fourth-order valence-corrected chi connectivity index (χ4v) is 2.32. The molecule has 0 amide bonds. The van der Waals surface area contributed by atoms with Crippen molar-refractivity contribution in [3.05, 3.63) is 22.8 Å². The van der Waals surface area contributed by atoms with E-state index < -0.39 is 0 Å².